The molecule has 3 heteroatoms. The van der Waals surface area contributed by atoms with Crippen LogP contribution in [0.1, 0.15) is 25.1 Å². The van der Waals surface area contributed by atoms with Gasteiger partial charge < -0.3 is 10.1 Å². The number of hydrogen-bond donors (Lipinski definition) is 1. The first-order valence-electron chi connectivity index (χ1n) is 5.42. The largest absolute Gasteiger partial charge is 0.383 e. The van der Waals surface area contributed by atoms with Gasteiger partial charge in [-0.05, 0) is 25.0 Å². The zero-order chi connectivity index (χ0) is 11.1. The summed E-state index contributed by atoms with van der Waals surface area (Å²) in [5.74, 6) is 0. The number of aromatic nitrogens is 1. The molecule has 0 bridgehead atoms. The van der Waals surface area contributed by atoms with Crippen LogP contribution in [0.3, 0.4) is 0 Å². The lowest BCUT2D eigenvalue weighted by atomic mass is 10.2. The number of rotatable bonds is 6. The molecule has 0 amide bonds. The number of aryl methyl sites for hydroxylation is 1. The molecule has 1 rings (SSSR count). The molecule has 0 saturated heterocycles. The third kappa shape index (κ3) is 4.40. The fourth-order valence-electron chi connectivity index (χ4n) is 1.36. The van der Waals surface area contributed by atoms with E-state index in [-0.39, 0.29) is 0 Å². The third-order valence-electron chi connectivity index (χ3n) is 2.34. The Morgan fingerprint density at radius 1 is 1.47 bits per heavy atom. The molecule has 0 radical (unpaired) electrons. The first kappa shape index (κ1) is 12.1. The number of nitrogens with one attached hydrogen (secondary N) is 1. The van der Waals surface area contributed by atoms with E-state index in [4.69, 9.17) is 4.74 Å². The summed E-state index contributed by atoms with van der Waals surface area (Å²) < 4.78 is 5.05. The molecule has 1 heterocycles. The van der Waals surface area contributed by atoms with Crippen molar-refractivity contribution in [3.8, 4) is 0 Å². The van der Waals surface area contributed by atoms with Crippen molar-refractivity contribution in [3.63, 3.8) is 0 Å². The van der Waals surface area contributed by atoms with E-state index >= 15 is 0 Å². The molecule has 0 aromatic carbocycles. The van der Waals surface area contributed by atoms with Crippen LogP contribution in [0.25, 0.3) is 0 Å². The Labute approximate surface area is 91.9 Å². The number of methoxy groups -OCH3 is 1. The van der Waals surface area contributed by atoms with Gasteiger partial charge in [0.1, 0.15) is 0 Å². The summed E-state index contributed by atoms with van der Waals surface area (Å²) in [6, 6.07) is 4.57. The molecule has 0 spiro atoms. The van der Waals surface area contributed by atoms with E-state index in [0.717, 1.165) is 25.3 Å². The van der Waals surface area contributed by atoms with Gasteiger partial charge in [0.25, 0.3) is 0 Å². The van der Waals surface area contributed by atoms with Crippen molar-refractivity contribution in [2.75, 3.05) is 13.7 Å². The molecule has 84 valence electrons. The Morgan fingerprint density at radius 2 is 2.27 bits per heavy atom. The Hall–Kier alpha value is -0.930. The van der Waals surface area contributed by atoms with Crippen molar-refractivity contribution < 1.29 is 4.74 Å². The minimum absolute atomic E-state index is 0.364. The van der Waals surface area contributed by atoms with Gasteiger partial charge in [-0.25, -0.2) is 0 Å². The highest BCUT2D eigenvalue weighted by Gasteiger charge is 2.00. The van der Waals surface area contributed by atoms with Gasteiger partial charge in [0.2, 0.25) is 0 Å². The molecule has 1 N–H and O–H groups in total. The lowest BCUT2D eigenvalue weighted by Gasteiger charge is -2.12. The fourth-order valence-corrected chi connectivity index (χ4v) is 1.36. The van der Waals surface area contributed by atoms with E-state index in [0.29, 0.717) is 6.04 Å². The molecule has 1 unspecified atom stereocenters. The Morgan fingerprint density at radius 3 is 2.80 bits per heavy atom. The molecule has 0 aliphatic rings. The van der Waals surface area contributed by atoms with E-state index in [2.05, 4.69) is 36.3 Å². The highest BCUT2D eigenvalue weighted by molar-refractivity contribution is 5.13. The van der Waals surface area contributed by atoms with Crippen molar-refractivity contribution >= 4 is 0 Å². The summed E-state index contributed by atoms with van der Waals surface area (Å²) in [4.78, 5) is 4.38. The first-order chi connectivity index (χ1) is 7.26. The molecule has 0 saturated carbocycles. The maximum absolute atomic E-state index is 5.05. The van der Waals surface area contributed by atoms with Gasteiger partial charge in [-0.15, -0.1) is 0 Å². The van der Waals surface area contributed by atoms with Gasteiger partial charge in [-0.2, -0.15) is 0 Å². The number of hydrogen-bond acceptors (Lipinski definition) is 3. The molecule has 15 heavy (non-hydrogen) atoms. The minimum Gasteiger partial charge on any atom is -0.383 e. The SMILES string of the molecule is CCc1ccc(CNC(C)COC)nc1. The lowest BCUT2D eigenvalue weighted by Crippen LogP contribution is -2.29. The van der Waals surface area contributed by atoms with Crippen molar-refractivity contribution in [2.24, 2.45) is 0 Å². The number of ether oxygens (including phenoxy) is 1. The highest BCUT2D eigenvalue weighted by Crippen LogP contribution is 2.01. The average Bonchev–Trinajstić information content (AvgIpc) is 2.27. The van der Waals surface area contributed by atoms with Crippen LogP contribution in [-0.4, -0.2) is 24.7 Å². The van der Waals surface area contributed by atoms with Gasteiger partial charge in [0.05, 0.1) is 12.3 Å². The third-order valence-corrected chi connectivity index (χ3v) is 2.34. The maximum Gasteiger partial charge on any atom is 0.0613 e. The summed E-state index contributed by atoms with van der Waals surface area (Å²) in [6.45, 7) is 5.76. The van der Waals surface area contributed by atoms with Gasteiger partial charge >= 0.3 is 0 Å². The van der Waals surface area contributed by atoms with Crippen LogP contribution in [0.2, 0.25) is 0 Å². The first-order valence-corrected chi connectivity index (χ1v) is 5.42. The standard InChI is InChI=1S/C12H20N2O/c1-4-11-5-6-12(14-7-11)8-13-10(2)9-15-3/h5-7,10,13H,4,8-9H2,1-3H3. The number of pyridine rings is 1. The van der Waals surface area contributed by atoms with Gasteiger partial charge in [-0.1, -0.05) is 13.0 Å². The van der Waals surface area contributed by atoms with E-state index in [1.807, 2.05) is 6.20 Å². The molecule has 3 nitrogen and oxygen atoms in total. The Kier molecular flexibility index (Phi) is 5.29. The normalized spacial score (nSPS) is 12.7. The highest BCUT2D eigenvalue weighted by atomic mass is 16.5. The van der Waals surface area contributed by atoms with Crippen molar-refractivity contribution in [1.29, 1.82) is 0 Å². The summed E-state index contributed by atoms with van der Waals surface area (Å²) >= 11 is 0. The molecule has 1 aromatic rings. The van der Waals surface area contributed by atoms with Crippen LogP contribution in [0.15, 0.2) is 18.3 Å². The topological polar surface area (TPSA) is 34.1 Å². The van der Waals surface area contributed by atoms with E-state index in [1.165, 1.54) is 5.56 Å². The summed E-state index contributed by atoms with van der Waals surface area (Å²) in [5, 5.41) is 3.35. The quantitative estimate of drug-likeness (QED) is 0.773. The van der Waals surface area contributed by atoms with Crippen molar-refractivity contribution in [2.45, 2.75) is 32.9 Å². The molecule has 1 atom stereocenters. The van der Waals surface area contributed by atoms with Crippen LogP contribution in [0, 0.1) is 0 Å². The Balaban J connectivity index is 2.37. The second-order valence-corrected chi connectivity index (χ2v) is 3.75. The minimum atomic E-state index is 0.364. The predicted molar refractivity (Wildman–Crippen MR) is 61.8 cm³/mol. The maximum atomic E-state index is 5.05. The monoisotopic (exact) mass is 208 g/mol. The van der Waals surface area contributed by atoms with E-state index in [9.17, 15) is 0 Å². The predicted octanol–water partition coefficient (Wildman–Crippen LogP) is 1.77. The van der Waals surface area contributed by atoms with E-state index in [1.54, 1.807) is 7.11 Å². The van der Waals surface area contributed by atoms with E-state index < -0.39 is 0 Å². The van der Waals surface area contributed by atoms with Crippen LogP contribution >= 0.6 is 0 Å². The smallest absolute Gasteiger partial charge is 0.0613 e. The molecular weight excluding hydrogens is 188 g/mol. The van der Waals surface area contributed by atoms with Crippen LogP contribution in [0.4, 0.5) is 0 Å². The summed E-state index contributed by atoms with van der Waals surface area (Å²) in [5.41, 5.74) is 2.36. The van der Waals surface area contributed by atoms with Crippen molar-refractivity contribution in [1.82, 2.24) is 10.3 Å². The second kappa shape index (κ2) is 6.53. The second-order valence-electron chi connectivity index (χ2n) is 3.75. The van der Waals surface area contributed by atoms with Gasteiger partial charge in [0.15, 0.2) is 0 Å². The van der Waals surface area contributed by atoms with Crippen molar-refractivity contribution in [3.05, 3.63) is 29.6 Å². The fraction of sp³-hybridized carbons (Fsp3) is 0.583. The average molecular weight is 208 g/mol. The number of nitrogens with zero attached hydrogens (tertiary/aromatic N) is 1. The van der Waals surface area contributed by atoms with Crippen LogP contribution < -0.4 is 5.32 Å². The summed E-state index contributed by atoms with van der Waals surface area (Å²) in [6.07, 6.45) is 2.98. The lowest BCUT2D eigenvalue weighted by molar-refractivity contribution is 0.171. The molecule has 0 aliphatic carbocycles. The van der Waals surface area contributed by atoms with Crippen LogP contribution in [-0.2, 0) is 17.7 Å². The van der Waals surface area contributed by atoms with Gasteiger partial charge in [0, 0.05) is 25.9 Å². The Bertz CT molecular complexity index is 271. The zero-order valence-electron chi connectivity index (χ0n) is 9.79. The van der Waals surface area contributed by atoms with Crippen LogP contribution in [0.5, 0.6) is 0 Å². The van der Waals surface area contributed by atoms with Gasteiger partial charge in [-0.3, -0.25) is 4.98 Å². The molecule has 1 aromatic heterocycles. The zero-order valence-corrected chi connectivity index (χ0v) is 9.79. The molecule has 0 aliphatic heterocycles. The molecule has 0 fully saturated rings. The summed E-state index contributed by atoms with van der Waals surface area (Å²) in [7, 11) is 1.71. The molecular formula is C12H20N2O.